The molecule has 2 heterocycles. The van der Waals surface area contributed by atoms with Crippen molar-refractivity contribution in [1.82, 2.24) is 15.1 Å². The molecule has 228 valence electrons. The average molecular weight is 601 g/mol. The Labute approximate surface area is 254 Å². The van der Waals surface area contributed by atoms with Crippen LogP contribution in [0.1, 0.15) is 60.1 Å². The predicted octanol–water partition coefficient (Wildman–Crippen LogP) is 4.43. The van der Waals surface area contributed by atoms with Gasteiger partial charge < -0.3 is 20.3 Å². The Morgan fingerprint density at radius 2 is 1.68 bits per heavy atom. The maximum absolute atomic E-state index is 14.8. The molecule has 2 N–H and O–H groups in total. The van der Waals surface area contributed by atoms with Gasteiger partial charge in [0.2, 0.25) is 5.91 Å². The van der Waals surface area contributed by atoms with Gasteiger partial charge in [-0.3, -0.25) is 19.2 Å². The largest absolute Gasteiger partial charge is 0.484 e. The van der Waals surface area contributed by atoms with E-state index >= 15 is 0 Å². The highest BCUT2D eigenvalue weighted by Gasteiger charge is 2.47. The molecule has 0 saturated carbocycles. The second kappa shape index (κ2) is 13.1. The smallest absolute Gasteiger partial charge is 0.325 e. The molecule has 2 aliphatic heterocycles. The Bertz CT molecular complexity index is 1570. The molecule has 44 heavy (non-hydrogen) atoms. The van der Waals surface area contributed by atoms with Crippen LogP contribution in [-0.2, 0) is 14.4 Å². The zero-order valence-corrected chi connectivity index (χ0v) is 24.4. The molecule has 1 unspecified atom stereocenters. The standard InChI is InChI=1S/C33H33FN4O6/c1-20(22-8-4-3-5-9-22)30(31(41)35-27-15-12-24(21(2)39)18-26(27)34)38-32(42)29(36-33(38)43)23-10-13-25(14-11-23)44-19-28(40)37-16-6-7-17-37/h3-5,8-15,18,20,29-30H,6-7,16-17,19H2,1-2H3,(H,35,41)(H,36,43)/t20-,29+,30?/m0/s1. The number of imide groups is 1. The van der Waals surface area contributed by atoms with Crippen LogP contribution >= 0.6 is 0 Å². The molecule has 2 aliphatic rings. The van der Waals surface area contributed by atoms with E-state index in [-0.39, 0.29) is 29.5 Å². The van der Waals surface area contributed by atoms with Crippen molar-refractivity contribution < 1.29 is 33.1 Å². The van der Waals surface area contributed by atoms with E-state index in [1.807, 2.05) is 0 Å². The second-order valence-electron chi connectivity index (χ2n) is 10.9. The lowest BCUT2D eigenvalue weighted by atomic mass is 9.91. The van der Waals surface area contributed by atoms with Gasteiger partial charge in [-0.25, -0.2) is 14.1 Å². The van der Waals surface area contributed by atoms with Crippen LogP contribution in [0.25, 0.3) is 0 Å². The summed E-state index contributed by atoms with van der Waals surface area (Å²) >= 11 is 0. The monoisotopic (exact) mass is 600 g/mol. The van der Waals surface area contributed by atoms with E-state index in [1.165, 1.54) is 19.1 Å². The minimum atomic E-state index is -1.33. The average Bonchev–Trinajstić information content (AvgIpc) is 3.66. The molecule has 3 aromatic rings. The number of nitrogens with zero attached hydrogens (tertiary/aromatic N) is 2. The van der Waals surface area contributed by atoms with Crippen molar-refractivity contribution >= 4 is 35.2 Å². The fraction of sp³-hybridized carbons (Fsp3) is 0.303. The SMILES string of the molecule is CC(=O)c1ccc(NC(=O)C([C@@H](C)c2ccccc2)N2C(=O)N[C@H](c3ccc(OCC(=O)N4CCCC4)cc3)C2=O)c(F)c1. The van der Waals surface area contributed by atoms with Crippen LogP contribution in [0.3, 0.4) is 0 Å². The van der Waals surface area contributed by atoms with Crippen LogP contribution in [0.2, 0.25) is 0 Å². The maximum atomic E-state index is 14.8. The molecule has 0 radical (unpaired) electrons. The number of halogens is 1. The number of benzene rings is 3. The molecule has 0 spiro atoms. The number of amides is 5. The molecule has 0 bridgehead atoms. The van der Waals surface area contributed by atoms with Crippen LogP contribution in [0.4, 0.5) is 14.9 Å². The molecule has 11 heteroatoms. The molecule has 5 rings (SSSR count). The van der Waals surface area contributed by atoms with Gasteiger partial charge >= 0.3 is 6.03 Å². The Hall–Kier alpha value is -5.06. The quantitative estimate of drug-likeness (QED) is 0.262. The summed E-state index contributed by atoms with van der Waals surface area (Å²) in [5.41, 5.74) is 1.10. The molecule has 10 nitrogen and oxygen atoms in total. The fourth-order valence-electron chi connectivity index (χ4n) is 5.49. The summed E-state index contributed by atoms with van der Waals surface area (Å²) in [6.45, 7) is 4.36. The van der Waals surface area contributed by atoms with Gasteiger partial charge in [0.15, 0.2) is 12.4 Å². The van der Waals surface area contributed by atoms with Gasteiger partial charge in [-0.2, -0.15) is 0 Å². The number of ketones is 1. The first-order valence-corrected chi connectivity index (χ1v) is 14.4. The summed E-state index contributed by atoms with van der Waals surface area (Å²) in [4.78, 5) is 67.3. The van der Waals surface area contributed by atoms with Gasteiger partial charge in [-0.15, -0.1) is 0 Å². The fourth-order valence-corrected chi connectivity index (χ4v) is 5.49. The summed E-state index contributed by atoms with van der Waals surface area (Å²) in [6.07, 6.45) is 1.96. The third kappa shape index (κ3) is 6.46. The van der Waals surface area contributed by atoms with Crippen molar-refractivity contribution in [1.29, 1.82) is 0 Å². The zero-order chi connectivity index (χ0) is 31.4. The van der Waals surface area contributed by atoms with Crippen molar-refractivity contribution in [3.63, 3.8) is 0 Å². The Kier molecular flexibility index (Phi) is 9.03. The van der Waals surface area contributed by atoms with E-state index in [9.17, 15) is 28.4 Å². The Morgan fingerprint density at radius 1 is 1.00 bits per heavy atom. The third-order valence-electron chi connectivity index (χ3n) is 7.98. The van der Waals surface area contributed by atoms with E-state index < -0.39 is 41.7 Å². The Morgan fingerprint density at radius 3 is 2.32 bits per heavy atom. The minimum Gasteiger partial charge on any atom is -0.484 e. The number of hydrogen-bond acceptors (Lipinski definition) is 6. The topological polar surface area (TPSA) is 125 Å². The highest BCUT2D eigenvalue weighted by atomic mass is 19.1. The molecule has 0 aromatic heterocycles. The number of rotatable bonds is 10. The van der Waals surface area contributed by atoms with E-state index in [2.05, 4.69) is 10.6 Å². The molecule has 3 aromatic carbocycles. The zero-order valence-electron chi connectivity index (χ0n) is 24.4. The predicted molar refractivity (Wildman–Crippen MR) is 160 cm³/mol. The summed E-state index contributed by atoms with van der Waals surface area (Å²) in [6, 6.07) is 15.8. The van der Waals surface area contributed by atoms with Gasteiger partial charge in [-0.1, -0.05) is 49.4 Å². The normalized spacial score (nSPS) is 17.7. The molecule has 0 aliphatic carbocycles. The van der Waals surface area contributed by atoms with Gasteiger partial charge in [0.05, 0.1) is 5.69 Å². The molecular weight excluding hydrogens is 567 g/mol. The first-order valence-electron chi connectivity index (χ1n) is 14.4. The van der Waals surface area contributed by atoms with Crippen LogP contribution in [0.5, 0.6) is 5.75 Å². The molecule has 2 saturated heterocycles. The number of Topliss-reactive ketones (excluding diaryl/α,β-unsaturated/α-hetero) is 1. The summed E-state index contributed by atoms with van der Waals surface area (Å²) in [5.74, 6) is -2.90. The number of hydrogen-bond donors (Lipinski definition) is 2. The molecule has 5 amide bonds. The van der Waals surface area contributed by atoms with Crippen molar-refractivity contribution in [2.24, 2.45) is 0 Å². The molecule has 2 fully saturated rings. The number of carbonyl (C=O) groups is 5. The van der Waals surface area contributed by atoms with Gasteiger partial charge in [0, 0.05) is 24.6 Å². The lowest BCUT2D eigenvalue weighted by Crippen LogP contribution is -2.50. The number of nitrogens with one attached hydrogen (secondary N) is 2. The van der Waals surface area contributed by atoms with Crippen LogP contribution in [-0.4, -0.2) is 65.1 Å². The maximum Gasteiger partial charge on any atom is 0.325 e. The van der Waals surface area contributed by atoms with Crippen molar-refractivity contribution in [2.75, 3.05) is 25.0 Å². The number of ether oxygens (including phenoxy) is 1. The van der Waals surface area contributed by atoms with Crippen molar-refractivity contribution in [3.05, 3.63) is 95.3 Å². The van der Waals surface area contributed by atoms with Crippen LogP contribution in [0, 0.1) is 5.82 Å². The molecule has 3 atom stereocenters. The summed E-state index contributed by atoms with van der Waals surface area (Å²) in [7, 11) is 0. The number of anilines is 1. The number of carbonyl (C=O) groups excluding carboxylic acids is 5. The summed E-state index contributed by atoms with van der Waals surface area (Å²) in [5, 5.41) is 5.16. The first-order chi connectivity index (χ1) is 21.1. The van der Waals surface area contributed by atoms with Crippen molar-refractivity contribution in [2.45, 2.75) is 44.7 Å². The number of urea groups is 1. The van der Waals surface area contributed by atoms with Crippen LogP contribution < -0.4 is 15.4 Å². The van der Waals surface area contributed by atoms with E-state index in [0.717, 1.165) is 36.9 Å². The number of likely N-dealkylation sites (tertiary alicyclic amines) is 1. The highest BCUT2D eigenvalue weighted by molar-refractivity contribution is 6.10. The molecular formula is C33H33FN4O6. The first kappa shape index (κ1) is 30.4. The lowest BCUT2D eigenvalue weighted by molar-refractivity contribution is -0.134. The van der Waals surface area contributed by atoms with Crippen molar-refractivity contribution in [3.8, 4) is 5.75 Å². The van der Waals surface area contributed by atoms with E-state index in [4.69, 9.17) is 4.74 Å². The summed E-state index contributed by atoms with van der Waals surface area (Å²) < 4.78 is 20.5. The second-order valence-corrected chi connectivity index (χ2v) is 10.9. The van der Waals surface area contributed by atoms with E-state index in [0.29, 0.717) is 16.9 Å². The van der Waals surface area contributed by atoms with E-state index in [1.54, 1.807) is 66.4 Å². The lowest BCUT2D eigenvalue weighted by Gasteiger charge is -2.30. The van der Waals surface area contributed by atoms with Gasteiger partial charge in [0.1, 0.15) is 23.7 Å². The highest BCUT2D eigenvalue weighted by Crippen LogP contribution is 2.32. The third-order valence-corrected chi connectivity index (χ3v) is 7.98. The van der Waals surface area contributed by atoms with Gasteiger partial charge in [0.25, 0.3) is 11.8 Å². The Balaban J connectivity index is 1.35. The van der Waals surface area contributed by atoms with Crippen LogP contribution in [0.15, 0.2) is 72.8 Å². The van der Waals surface area contributed by atoms with Gasteiger partial charge in [-0.05, 0) is 61.2 Å². The minimum absolute atomic E-state index is 0.0908.